The molecule has 0 amide bonds. The molecule has 0 heterocycles. The molecule has 0 heteroatoms. The standard InChI is InChI=1S/C38H30/c1-28-25-26-36(34-23-13-11-21-32(34)30-17-7-3-8-18-30)38(37(28)27-29-15-5-2-6-16-29)35-24-14-12-22-33(35)31-19-9-4-10-20-31/h2-26H,27H2,1H3. The van der Waals surface area contributed by atoms with Gasteiger partial charge in [0.25, 0.3) is 0 Å². The largest absolute Gasteiger partial charge is 0.0622 e. The molecular formula is C38H30. The van der Waals surface area contributed by atoms with Crippen molar-refractivity contribution in [1.29, 1.82) is 0 Å². The van der Waals surface area contributed by atoms with Crippen LogP contribution in [-0.2, 0) is 6.42 Å². The summed E-state index contributed by atoms with van der Waals surface area (Å²) in [7, 11) is 0. The van der Waals surface area contributed by atoms with E-state index in [1.807, 2.05) is 0 Å². The Morgan fingerprint density at radius 2 is 0.816 bits per heavy atom. The lowest BCUT2D eigenvalue weighted by atomic mass is 9.81. The number of benzene rings is 6. The minimum atomic E-state index is 0.881. The van der Waals surface area contributed by atoms with Gasteiger partial charge in [-0.05, 0) is 74.5 Å². The Morgan fingerprint density at radius 3 is 1.39 bits per heavy atom. The zero-order valence-electron chi connectivity index (χ0n) is 21.6. The fourth-order valence-corrected chi connectivity index (χ4v) is 5.47. The van der Waals surface area contributed by atoms with Crippen molar-refractivity contribution in [2.75, 3.05) is 0 Å². The van der Waals surface area contributed by atoms with Gasteiger partial charge < -0.3 is 0 Å². The molecule has 0 aliphatic carbocycles. The van der Waals surface area contributed by atoms with Gasteiger partial charge in [-0.1, -0.05) is 152 Å². The third-order valence-corrected chi connectivity index (χ3v) is 7.35. The first-order chi connectivity index (χ1) is 18.8. The van der Waals surface area contributed by atoms with Crippen molar-refractivity contribution in [3.05, 3.63) is 168 Å². The van der Waals surface area contributed by atoms with Crippen LogP contribution in [0.5, 0.6) is 0 Å². The summed E-state index contributed by atoms with van der Waals surface area (Å²) in [5.74, 6) is 0. The fraction of sp³-hybridized carbons (Fsp3) is 0.0526. The van der Waals surface area contributed by atoms with Crippen molar-refractivity contribution in [2.45, 2.75) is 13.3 Å². The molecule has 0 radical (unpaired) electrons. The van der Waals surface area contributed by atoms with Crippen molar-refractivity contribution in [3.8, 4) is 44.5 Å². The van der Waals surface area contributed by atoms with Gasteiger partial charge in [-0.15, -0.1) is 0 Å². The zero-order valence-corrected chi connectivity index (χ0v) is 21.6. The summed E-state index contributed by atoms with van der Waals surface area (Å²) in [5.41, 5.74) is 14.1. The van der Waals surface area contributed by atoms with Crippen LogP contribution >= 0.6 is 0 Å². The van der Waals surface area contributed by atoms with Crippen LogP contribution in [0.4, 0.5) is 0 Å². The first-order valence-corrected chi connectivity index (χ1v) is 13.3. The molecule has 0 nitrogen and oxygen atoms in total. The molecule has 6 rings (SSSR count). The van der Waals surface area contributed by atoms with Crippen LogP contribution in [0.1, 0.15) is 16.7 Å². The smallest absolute Gasteiger partial charge is 0.00168 e. The monoisotopic (exact) mass is 486 g/mol. The van der Waals surface area contributed by atoms with Crippen LogP contribution in [0.15, 0.2) is 152 Å². The van der Waals surface area contributed by atoms with Crippen molar-refractivity contribution in [2.24, 2.45) is 0 Å². The van der Waals surface area contributed by atoms with Gasteiger partial charge >= 0.3 is 0 Å². The Hall–Kier alpha value is -4.68. The SMILES string of the molecule is Cc1ccc(-c2ccccc2-c2ccccc2)c(-c2ccccc2-c2ccccc2)c1Cc1ccccc1. The highest BCUT2D eigenvalue weighted by atomic mass is 14.2. The molecular weight excluding hydrogens is 456 g/mol. The molecule has 0 aliphatic heterocycles. The van der Waals surface area contributed by atoms with Crippen molar-refractivity contribution >= 4 is 0 Å². The van der Waals surface area contributed by atoms with Crippen LogP contribution in [0.2, 0.25) is 0 Å². The van der Waals surface area contributed by atoms with E-state index < -0.39 is 0 Å². The Bertz CT molecular complexity index is 1660. The molecule has 0 saturated heterocycles. The molecule has 182 valence electrons. The molecule has 0 aliphatic rings. The fourth-order valence-electron chi connectivity index (χ4n) is 5.47. The summed E-state index contributed by atoms with van der Waals surface area (Å²) in [6.45, 7) is 2.25. The zero-order chi connectivity index (χ0) is 25.7. The highest BCUT2D eigenvalue weighted by Gasteiger charge is 2.20. The molecule has 6 aromatic rings. The van der Waals surface area contributed by atoms with E-state index in [-0.39, 0.29) is 0 Å². The van der Waals surface area contributed by atoms with Gasteiger partial charge in [-0.25, -0.2) is 0 Å². The van der Waals surface area contributed by atoms with Gasteiger partial charge in [0, 0.05) is 0 Å². The summed E-state index contributed by atoms with van der Waals surface area (Å²) in [6.07, 6.45) is 0.881. The van der Waals surface area contributed by atoms with Crippen LogP contribution in [0.25, 0.3) is 44.5 Å². The lowest BCUT2D eigenvalue weighted by Crippen LogP contribution is -2.00. The first kappa shape index (κ1) is 23.7. The van der Waals surface area contributed by atoms with Crippen LogP contribution in [0, 0.1) is 6.92 Å². The predicted octanol–water partition coefficient (Wildman–Crippen LogP) is 10.3. The summed E-state index contributed by atoms with van der Waals surface area (Å²) in [5, 5.41) is 0. The maximum atomic E-state index is 2.32. The van der Waals surface area contributed by atoms with Crippen molar-refractivity contribution in [1.82, 2.24) is 0 Å². The highest BCUT2D eigenvalue weighted by Crippen LogP contribution is 2.44. The van der Waals surface area contributed by atoms with Gasteiger partial charge in [0.1, 0.15) is 0 Å². The Labute approximate surface area is 225 Å². The first-order valence-electron chi connectivity index (χ1n) is 13.3. The molecule has 0 aromatic heterocycles. The molecule has 0 saturated carbocycles. The van der Waals surface area contributed by atoms with Gasteiger partial charge in [0.05, 0.1) is 0 Å². The number of aryl methyl sites for hydroxylation is 1. The molecule has 38 heavy (non-hydrogen) atoms. The lowest BCUT2D eigenvalue weighted by Gasteiger charge is -2.22. The Morgan fingerprint density at radius 1 is 0.368 bits per heavy atom. The van der Waals surface area contributed by atoms with Gasteiger partial charge in [0.2, 0.25) is 0 Å². The molecule has 0 atom stereocenters. The number of hydrogen-bond donors (Lipinski definition) is 0. The second-order valence-corrected chi connectivity index (χ2v) is 9.77. The predicted molar refractivity (Wildman–Crippen MR) is 162 cm³/mol. The van der Waals surface area contributed by atoms with E-state index in [4.69, 9.17) is 0 Å². The highest BCUT2D eigenvalue weighted by molar-refractivity contribution is 5.97. The molecule has 0 unspecified atom stereocenters. The van der Waals surface area contributed by atoms with E-state index in [0.29, 0.717) is 0 Å². The van der Waals surface area contributed by atoms with Crippen LogP contribution < -0.4 is 0 Å². The van der Waals surface area contributed by atoms with E-state index in [0.717, 1.165) is 6.42 Å². The van der Waals surface area contributed by atoms with Crippen molar-refractivity contribution < 1.29 is 0 Å². The molecule has 0 fully saturated rings. The van der Waals surface area contributed by atoms with E-state index in [2.05, 4.69) is 159 Å². The molecule has 0 bridgehead atoms. The van der Waals surface area contributed by atoms with Gasteiger partial charge in [-0.2, -0.15) is 0 Å². The minimum absolute atomic E-state index is 0.881. The summed E-state index contributed by atoms with van der Waals surface area (Å²) in [6, 6.07) is 54.6. The third kappa shape index (κ3) is 4.69. The maximum Gasteiger partial charge on any atom is -0.00168 e. The maximum absolute atomic E-state index is 2.32. The average Bonchev–Trinajstić information content (AvgIpc) is 2.99. The lowest BCUT2D eigenvalue weighted by molar-refractivity contribution is 1.16. The summed E-state index contributed by atoms with van der Waals surface area (Å²) >= 11 is 0. The minimum Gasteiger partial charge on any atom is -0.0622 e. The number of rotatable bonds is 6. The van der Waals surface area contributed by atoms with Gasteiger partial charge in [-0.3, -0.25) is 0 Å². The average molecular weight is 487 g/mol. The topological polar surface area (TPSA) is 0 Å². The summed E-state index contributed by atoms with van der Waals surface area (Å²) < 4.78 is 0. The normalized spacial score (nSPS) is 10.9. The van der Waals surface area contributed by atoms with E-state index in [1.165, 1.54) is 61.2 Å². The van der Waals surface area contributed by atoms with E-state index >= 15 is 0 Å². The summed E-state index contributed by atoms with van der Waals surface area (Å²) in [4.78, 5) is 0. The number of hydrogen-bond acceptors (Lipinski definition) is 0. The second kappa shape index (κ2) is 10.7. The third-order valence-electron chi connectivity index (χ3n) is 7.35. The molecule has 6 aromatic carbocycles. The van der Waals surface area contributed by atoms with E-state index in [9.17, 15) is 0 Å². The van der Waals surface area contributed by atoms with Crippen LogP contribution in [0.3, 0.4) is 0 Å². The van der Waals surface area contributed by atoms with Crippen molar-refractivity contribution in [3.63, 3.8) is 0 Å². The van der Waals surface area contributed by atoms with Gasteiger partial charge in [0.15, 0.2) is 0 Å². The molecule has 0 spiro atoms. The van der Waals surface area contributed by atoms with E-state index in [1.54, 1.807) is 0 Å². The quantitative estimate of drug-likeness (QED) is 0.220. The second-order valence-electron chi connectivity index (χ2n) is 9.77. The van der Waals surface area contributed by atoms with Crippen LogP contribution in [-0.4, -0.2) is 0 Å². The Kier molecular flexibility index (Phi) is 6.70. The Balaban J connectivity index is 1.66. The molecule has 0 N–H and O–H groups in total.